The van der Waals surface area contributed by atoms with Crippen molar-refractivity contribution in [1.29, 1.82) is 0 Å². The number of hydrogen-bond donors (Lipinski definition) is 0. The molecule has 0 aromatic heterocycles. The van der Waals surface area contributed by atoms with Gasteiger partial charge in [0.25, 0.3) is 0 Å². The molecule has 0 spiro atoms. The van der Waals surface area contributed by atoms with Crippen LogP contribution in [-0.2, 0) is 0 Å². The van der Waals surface area contributed by atoms with E-state index in [1.807, 2.05) is 0 Å². The molecule has 0 unspecified atom stereocenters. The maximum Gasteiger partial charge on any atom is 0.0173 e. The van der Waals surface area contributed by atoms with Crippen LogP contribution in [0.15, 0.2) is 36.5 Å². The van der Waals surface area contributed by atoms with Crippen LogP contribution in [-0.4, -0.2) is 0 Å². The van der Waals surface area contributed by atoms with Gasteiger partial charge in [0.15, 0.2) is 0 Å². The minimum absolute atomic E-state index is 0.629. The van der Waals surface area contributed by atoms with Gasteiger partial charge >= 0.3 is 0 Å². The zero-order chi connectivity index (χ0) is 8.69. The van der Waals surface area contributed by atoms with Crippen molar-refractivity contribution in [3.05, 3.63) is 36.5 Å². The predicted octanol–water partition coefficient (Wildman–Crippen LogP) is 2.31. The average molecular weight is 142 g/mol. The number of hydrogen-bond acceptors (Lipinski definition) is 0. The molecule has 0 aliphatic heterocycles. The summed E-state index contributed by atoms with van der Waals surface area (Å²) in [5.41, 5.74) is 1.37. The first-order valence-electron chi connectivity index (χ1n) is 3.16. The van der Waals surface area contributed by atoms with Crippen LogP contribution in [0.4, 0.5) is 0 Å². The lowest BCUT2D eigenvalue weighted by atomic mass is 10.2. The summed E-state index contributed by atoms with van der Waals surface area (Å²) in [6.07, 6.45) is 8.53. The summed E-state index contributed by atoms with van der Waals surface area (Å²) in [7, 11) is 0. The summed E-state index contributed by atoms with van der Waals surface area (Å²) in [6, 6.07) is 0. The first-order valence-corrected chi connectivity index (χ1v) is 3.16. The summed E-state index contributed by atoms with van der Waals surface area (Å²) in [5, 5.41) is 0. The fraction of sp³-hybridized carbons (Fsp3) is 0.0909. The van der Waals surface area contributed by atoms with Gasteiger partial charge in [-0.1, -0.05) is 25.0 Å². The normalized spacial score (nSPS) is 8.00. The fourth-order valence-corrected chi connectivity index (χ4v) is 0.452. The third-order valence-corrected chi connectivity index (χ3v) is 0.957. The van der Waals surface area contributed by atoms with Crippen molar-refractivity contribution in [2.75, 3.05) is 0 Å². The molecule has 0 amide bonds. The molecular weight excluding hydrogens is 132 g/mol. The van der Waals surface area contributed by atoms with E-state index >= 15 is 0 Å². The van der Waals surface area contributed by atoms with Gasteiger partial charge in [0.1, 0.15) is 0 Å². The van der Waals surface area contributed by atoms with Crippen LogP contribution in [0.3, 0.4) is 0 Å². The van der Waals surface area contributed by atoms with Gasteiger partial charge < -0.3 is 0 Å². The van der Waals surface area contributed by atoms with Crippen molar-refractivity contribution >= 4 is 0 Å². The molecule has 0 bridgehead atoms. The molecule has 0 heterocycles. The Kier molecular flexibility index (Phi) is 4.37. The molecule has 0 fully saturated rings. The van der Waals surface area contributed by atoms with E-state index in [1.54, 1.807) is 19.1 Å². The molecule has 11 heavy (non-hydrogen) atoms. The Balaban J connectivity index is 4.14. The summed E-state index contributed by atoms with van der Waals surface area (Å²) in [5.74, 6) is 7.90. The zero-order valence-electron chi connectivity index (χ0n) is 6.65. The van der Waals surface area contributed by atoms with Crippen molar-refractivity contribution in [2.24, 2.45) is 0 Å². The van der Waals surface area contributed by atoms with Crippen molar-refractivity contribution in [3.8, 4) is 24.2 Å². The first kappa shape index (κ1) is 9.34. The Morgan fingerprint density at radius 3 is 2.27 bits per heavy atom. The molecular formula is C11H10. The minimum Gasteiger partial charge on any atom is -0.115 e. The second-order valence-electron chi connectivity index (χ2n) is 1.90. The molecule has 0 aliphatic rings. The van der Waals surface area contributed by atoms with Gasteiger partial charge in [-0.2, -0.15) is 0 Å². The Morgan fingerprint density at radius 1 is 1.27 bits per heavy atom. The van der Waals surface area contributed by atoms with E-state index in [0.29, 0.717) is 5.57 Å². The van der Waals surface area contributed by atoms with Crippen LogP contribution in [0.25, 0.3) is 0 Å². The van der Waals surface area contributed by atoms with Crippen molar-refractivity contribution in [1.82, 2.24) is 0 Å². The van der Waals surface area contributed by atoms with Gasteiger partial charge in [-0.3, -0.25) is 0 Å². The van der Waals surface area contributed by atoms with Crippen molar-refractivity contribution in [3.63, 3.8) is 0 Å². The molecule has 0 aliphatic carbocycles. The van der Waals surface area contributed by atoms with E-state index in [-0.39, 0.29) is 0 Å². The summed E-state index contributed by atoms with van der Waals surface area (Å²) < 4.78 is 0. The predicted molar refractivity (Wildman–Crippen MR) is 49.7 cm³/mol. The Labute approximate surface area is 68.3 Å². The average Bonchev–Trinajstić information content (AvgIpc) is 2.01. The van der Waals surface area contributed by atoms with E-state index in [4.69, 9.17) is 6.42 Å². The van der Waals surface area contributed by atoms with E-state index in [9.17, 15) is 0 Å². The molecule has 0 aromatic carbocycles. The van der Waals surface area contributed by atoms with Gasteiger partial charge in [0, 0.05) is 11.1 Å². The molecule has 0 aromatic rings. The molecule has 0 saturated heterocycles. The highest BCUT2D eigenvalue weighted by molar-refractivity contribution is 5.41. The number of rotatable bonds is 2. The molecule has 0 atom stereocenters. The zero-order valence-corrected chi connectivity index (χ0v) is 6.65. The largest absolute Gasteiger partial charge is 0.115 e. The van der Waals surface area contributed by atoms with Crippen LogP contribution < -0.4 is 0 Å². The highest BCUT2D eigenvalue weighted by atomic mass is 13.8. The first-order chi connectivity index (χ1) is 5.20. The minimum atomic E-state index is 0.629. The van der Waals surface area contributed by atoms with E-state index in [1.165, 1.54) is 0 Å². The van der Waals surface area contributed by atoms with Crippen molar-refractivity contribution in [2.45, 2.75) is 6.92 Å². The molecule has 0 radical (unpaired) electrons. The van der Waals surface area contributed by atoms with Crippen LogP contribution in [0.2, 0.25) is 0 Å². The monoisotopic (exact) mass is 142 g/mol. The Hall–Kier alpha value is -1.66. The standard InChI is InChI=1S/C11H10/c1-5-7-11(4)9-8-10(3)6-2/h2,8-9H,3-4H2,1H3/b9-8-. The smallest absolute Gasteiger partial charge is 0.0173 e. The molecule has 0 nitrogen and oxygen atoms in total. The fourth-order valence-electron chi connectivity index (χ4n) is 0.452. The topological polar surface area (TPSA) is 0 Å². The van der Waals surface area contributed by atoms with Gasteiger partial charge in [-0.15, -0.1) is 12.3 Å². The third kappa shape index (κ3) is 4.82. The van der Waals surface area contributed by atoms with E-state index in [2.05, 4.69) is 30.9 Å². The van der Waals surface area contributed by atoms with Crippen LogP contribution >= 0.6 is 0 Å². The molecule has 0 rings (SSSR count). The highest BCUT2D eigenvalue weighted by Gasteiger charge is 1.79. The molecule has 0 heteroatoms. The highest BCUT2D eigenvalue weighted by Crippen LogP contribution is 1.95. The maximum atomic E-state index is 5.07. The maximum absolute atomic E-state index is 5.07. The van der Waals surface area contributed by atoms with Gasteiger partial charge in [0.2, 0.25) is 0 Å². The second-order valence-corrected chi connectivity index (χ2v) is 1.90. The number of allylic oxidation sites excluding steroid dienone is 4. The van der Waals surface area contributed by atoms with Gasteiger partial charge in [-0.25, -0.2) is 0 Å². The summed E-state index contributed by atoms with van der Waals surface area (Å²) in [4.78, 5) is 0. The van der Waals surface area contributed by atoms with E-state index in [0.717, 1.165) is 5.57 Å². The Bertz CT molecular complexity index is 284. The van der Waals surface area contributed by atoms with Crippen molar-refractivity contribution < 1.29 is 0 Å². The van der Waals surface area contributed by atoms with Crippen LogP contribution in [0.1, 0.15) is 6.92 Å². The Morgan fingerprint density at radius 2 is 1.82 bits per heavy atom. The van der Waals surface area contributed by atoms with Crippen LogP contribution in [0, 0.1) is 24.2 Å². The SMILES string of the molecule is C#CC(=C)/C=C\C(=C)C#CC. The lowest BCUT2D eigenvalue weighted by Crippen LogP contribution is -1.69. The van der Waals surface area contributed by atoms with E-state index < -0.39 is 0 Å². The third-order valence-electron chi connectivity index (χ3n) is 0.957. The van der Waals surface area contributed by atoms with Gasteiger partial charge in [-0.05, 0) is 19.1 Å². The van der Waals surface area contributed by atoms with Gasteiger partial charge in [0.05, 0.1) is 0 Å². The summed E-state index contributed by atoms with van der Waals surface area (Å²) >= 11 is 0. The molecule has 0 N–H and O–H groups in total. The lowest BCUT2D eigenvalue weighted by molar-refractivity contribution is 1.75. The summed E-state index contributed by atoms with van der Waals surface area (Å²) in [6.45, 7) is 9.03. The second kappa shape index (κ2) is 5.15. The quantitative estimate of drug-likeness (QED) is 0.410. The lowest BCUT2D eigenvalue weighted by Gasteiger charge is -1.84. The molecule has 0 saturated carbocycles. The molecule has 54 valence electrons. The number of terminal acetylenes is 1. The van der Waals surface area contributed by atoms with Crippen LogP contribution in [0.5, 0.6) is 0 Å².